The highest BCUT2D eigenvalue weighted by atomic mass is 16.7. The number of carbonyl (C=O) groups excluding carboxylic acids is 1. The van der Waals surface area contributed by atoms with Crippen molar-refractivity contribution in [3.05, 3.63) is 64.4 Å². The molecule has 0 aromatic heterocycles. The van der Waals surface area contributed by atoms with Gasteiger partial charge in [0.25, 0.3) is 5.79 Å². The van der Waals surface area contributed by atoms with Gasteiger partial charge in [-0.15, -0.1) is 0 Å². The van der Waals surface area contributed by atoms with Gasteiger partial charge in [-0.2, -0.15) is 0 Å². The van der Waals surface area contributed by atoms with Gasteiger partial charge in [0.2, 0.25) is 5.78 Å². The van der Waals surface area contributed by atoms with Crippen LogP contribution in [0.1, 0.15) is 50.2 Å². The second-order valence-corrected chi connectivity index (χ2v) is 8.61. The van der Waals surface area contributed by atoms with E-state index in [2.05, 4.69) is 13.8 Å². The Kier molecular flexibility index (Phi) is 3.88. The zero-order valence-electron chi connectivity index (χ0n) is 16.6. The highest BCUT2D eigenvalue weighted by molar-refractivity contribution is 6.13. The molecular formula is C23H25NO5. The summed E-state index contributed by atoms with van der Waals surface area (Å²) in [5, 5.41) is 33.1. The smallest absolute Gasteiger partial charge is 0.272 e. The number of rotatable bonds is 2. The van der Waals surface area contributed by atoms with Gasteiger partial charge in [-0.3, -0.25) is 4.79 Å². The first-order chi connectivity index (χ1) is 13.8. The van der Waals surface area contributed by atoms with E-state index in [1.54, 1.807) is 23.1 Å². The molecule has 29 heavy (non-hydrogen) atoms. The fraction of sp³-hybridized carbons (Fsp3) is 0.435. The van der Waals surface area contributed by atoms with Crippen LogP contribution in [-0.4, -0.2) is 44.6 Å². The molecule has 1 aromatic rings. The number of ether oxygens (including phenoxy) is 1. The molecule has 6 heteroatoms. The highest BCUT2D eigenvalue weighted by Crippen LogP contribution is 2.58. The van der Waals surface area contributed by atoms with Crippen LogP contribution >= 0.6 is 0 Å². The summed E-state index contributed by atoms with van der Waals surface area (Å²) in [6.45, 7) is 4.71. The number of hydrogen-bond donors (Lipinski definition) is 3. The van der Waals surface area contributed by atoms with Crippen molar-refractivity contribution >= 4 is 5.78 Å². The molecule has 1 fully saturated rings. The van der Waals surface area contributed by atoms with Crippen molar-refractivity contribution in [3.8, 4) is 5.75 Å². The molecule has 1 aromatic carbocycles. The summed E-state index contributed by atoms with van der Waals surface area (Å²) < 4.78 is 5.87. The average molecular weight is 395 g/mol. The minimum Gasteiger partial charge on any atom is -0.454 e. The average Bonchev–Trinajstić information content (AvgIpc) is 3.04. The molecule has 2 aliphatic carbocycles. The van der Waals surface area contributed by atoms with E-state index in [1.165, 1.54) is 6.08 Å². The minimum absolute atomic E-state index is 0.226. The predicted octanol–water partition coefficient (Wildman–Crippen LogP) is 2.22. The van der Waals surface area contributed by atoms with E-state index < -0.39 is 17.6 Å². The van der Waals surface area contributed by atoms with E-state index in [9.17, 15) is 20.1 Å². The lowest BCUT2D eigenvalue weighted by atomic mass is 9.86. The SMILES string of the molecule is CC(C)c1ccc2c(c1)OC1(O)C3=CC=C(N4CCCCC4O)C(=O)C3=CC21O. The maximum atomic E-state index is 13.2. The highest BCUT2D eigenvalue weighted by Gasteiger charge is 2.66. The summed E-state index contributed by atoms with van der Waals surface area (Å²) in [6.07, 6.45) is 6.38. The van der Waals surface area contributed by atoms with Crippen LogP contribution < -0.4 is 4.74 Å². The molecule has 2 heterocycles. The molecule has 3 N–H and O–H groups in total. The number of ketones is 1. The number of aliphatic hydroxyl groups excluding tert-OH is 1. The molecule has 5 rings (SSSR count). The zero-order chi connectivity index (χ0) is 20.6. The van der Waals surface area contributed by atoms with Crippen molar-refractivity contribution in [1.29, 1.82) is 0 Å². The maximum Gasteiger partial charge on any atom is 0.272 e. The molecule has 2 aliphatic heterocycles. The lowest BCUT2D eigenvalue weighted by Gasteiger charge is -2.36. The molecule has 6 nitrogen and oxygen atoms in total. The number of piperidine rings is 1. The summed E-state index contributed by atoms with van der Waals surface area (Å²) in [4.78, 5) is 14.9. The number of likely N-dealkylation sites (tertiary alicyclic amines) is 1. The Bertz CT molecular complexity index is 1010. The molecule has 0 bridgehead atoms. The van der Waals surface area contributed by atoms with Crippen LogP contribution in [-0.2, 0) is 10.4 Å². The fourth-order valence-electron chi connectivity index (χ4n) is 4.81. The minimum atomic E-state index is -2.04. The Balaban J connectivity index is 1.58. The standard InChI is InChI=1S/C23H25NO5/c1-13(2)14-6-7-17-19(11-14)29-23(28)16-8-9-18(24-10-4-3-5-20(24)25)21(26)15(16)12-22(17,23)27/h6-9,11-13,20,25,27-28H,3-5,10H2,1-2H3. The van der Waals surface area contributed by atoms with Gasteiger partial charge in [-0.05, 0) is 55.0 Å². The van der Waals surface area contributed by atoms with Crippen molar-refractivity contribution in [2.75, 3.05) is 6.54 Å². The third-order valence-corrected chi connectivity index (χ3v) is 6.53. The number of allylic oxidation sites excluding steroid dienone is 3. The number of nitrogens with zero attached hydrogens (tertiary/aromatic N) is 1. The Morgan fingerprint density at radius 1 is 1.21 bits per heavy atom. The van der Waals surface area contributed by atoms with E-state index >= 15 is 0 Å². The normalized spacial score (nSPS) is 32.9. The van der Waals surface area contributed by atoms with Gasteiger partial charge in [0.15, 0.2) is 5.60 Å². The Morgan fingerprint density at radius 3 is 2.72 bits per heavy atom. The van der Waals surface area contributed by atoms with Gasteiger partial charge < -0.3 is 25.0 Å². The molecule has 4 aliphatic rings. The monoisotopic (exact) mass is 395 g/mol. The van der Waals surface area contributed by atoms with Crippen LogP contribution in [0.5, 0.6) is 5.75 Å². The molecular weight excluding hydrogens is 370 g/mol. The van der Waals surface area contributed by atoms with Gasteiger partial charge >= 0.3 is 0 Å². The third kappa shape index (κ3) is 2.37. The van der Waals surface area contributed by atoms with Gasteiger partial charge in [-0.1, -0.05) is 26.0 Å². The summed E-state index contributed by atoms with van der Waals surface area (Å²) >= 11 is 0. The van der Waals surface area contributed by atoms with Crippen molar-refractivity contribution in [3.63, 3.8) is 0 Å². The Hall–Kier alpha value is -2.41. The maximum absolute atomic E-state index is 13.2. The molecule has 3 unspecified atom stereocenters. The summed E-state index contributed by atoms with van der Waals surface area (Å²) in [7, 11) is 0. The molecule has 152 valence electrons. The van der Waals surface area contributed by atoms with Gasteiger partial charge in [-0.25, -0.2) is 0 Å². The summed E-state index contributed by atoms with van der Waals surface area (Å²) in [6, 6.07) is 5.49. The topological polar surface area (TPSA) is 90.2 Å². The fourth-order valence-corrected chi connectivity index (χ4v) is 4.81. The largest absolute Gasteiger partial charge is 0.454 e. The van der Waals surface area contributed by atoms with Crippen LogP contribution in [0.2, 0.25) is 0 Å². The van der Waals surface area contributed by atoms with Crippen molar-refractivity contribution in [1.82, 2.24) is 4.90 Å². The number of hydrogen-bond acceptors (Lipinski definition) is 6. The van der Waals surface area contributed by atoms with Gasteiger partial charge in [0, 0.05) is 23.3 Å². The zero-order valence-corrected chi connectivity index (χ0v) is 16.6. The van der Waals surface area contributed by atoms with Crippen LogP contribution in [0.3, 0.4) is 0 Å². The first kappa shape index (κ1) is 18.6. The second kappa shape index (κ2) is 6.05. The van der Waals surface area contributed by atoms with Gasteiger partial charge in [0.05, 0.1) is 5.70 Å². The van der Waals surface area contributed by atoms with E-state index in [0.29, 0.717) is 30.0 Å². The number of fused-ring (bicyclic) bond motifs is 5. The van der Waals surface area contributed by atoms with E-state index in [-0.39, 0.29) is 22.8 Å². The van der Waals surface area contributed by atoms with Crippen LogP contribution in [0.15, 0.2) is 53.3 Å². The quantitative estimate of drug-likeness (QED) is 0.711. The predicted molar refractivity (Wildman–Crippen MR) is 106 cm³/mol. The lowest BCUT2D eigenvalue weighted by molar-refractivity contribution is -0.189. The van der Waals surface area contributed by atoms with Crippen LogP contribution in [0.25, 0.3) is 0 Å². The number of Topliss-reactive ketones (excluding diaryl/α,β-unsaturated/α-hetero) is 1. The molecule has 0 radical (unpaired) electrons. The number of carbonyl (C=O) groups is 1. The number of aliphatic hydroxyl groups is 3. The number of benzene rings is 1. The van der Waals surface area contributed by atoms with Crippen molar-refractivity contribution in [2.24, 2.45) is 0 Å². The molecule has 0 amide bonds. The van der Waals surface area contributed by atoms with Crippen LogP contribution in [0.4, 0.5) is 0 Å². The lowest BCUT2D eigenvalue weighted by Crippen LogP contribution is -2.49. The van der Waals surface area contributed by atoms with E-state index in [1.807, 2.05) is 12.1 Å². The molecule has 0 spiro atoms. The Labute approximate surface area is 169 Å². The first-order valence-corrected chi connectivity index (χ1v) is 10.2. The van der Waals surface area contributed by atoms with E-state index in [4.69, 9.17) is 4.74 Å². The first-order valence-electron chi connectivity index (χ1n) is 10.2. The van der Waals surface area contributed by atoms with Crippen molar-refractivity contribution in [2.45, 2.75) is 56.6 Å². The summed E-state index contributed by atoms with van der Waals surface area (Å²) in [5.74, 6) is -1.66. The second-order valence-electron chi connectivity index (χ2n) is 8.61. The molecule has 3 atom stereocenters. The van der Waals surface area contributed by atoms with Gasteiger partial charge in [0.1, 0.15) is 12.0 Å². The van der Waals surface area contributed by atoms with Crippen LogP contribution in [0, 0.1) is 0 Å². The molecule has 0 saturated carbocycles. The van der Waals surface area contributed by atoms with E-state index in [0.717, 1.165) is 18.4 Å². The molecule has 1 saturated heterocycles. The van der Waals surface area contributed by atoms with Crippen molar-refractivity contribution < 1.29 is 24.9 Å². The third-order valence-electron chi connectivity index (χ3n) is 6.53. The summed E-state index contributed by atoms with van der Waals surface area (Å²) in [5.41, 5.74) is 0.508. The Morgan fingerprint density at radius 2 is 2.00 bits per heavy atom.